The molecular weight excluding hydrogens is 433 g/mol. The monoisotopic (exact) mass is 446 g/mol. The zero-order valence-electron chi connectivity index (χ0n) is 13.9. The smallest absolute Gasteiger partial charge is 0.315 e. The van der Waals surface area contributed by atoms with E-state index in [9.17, 15) is 23.2 Å². The van der Waals surface area contributed by atoms with Crippen LogP contribution in [0.25, 0.3) is 0 Å². The summed E-state index contributed by atoms with van der Waals surface area (Å²) in [5.74, 6) is -0.546. The van der Waals surface area contributed by atoms with Gasteiger partial charge in [0.05, 0.1) is 15.7 Å². The first-order chi connectivity index (χ1) is 12.1. The molecule has 1 N–H and O–H groups in total. The van der Waals surface area contributed by atoms with Crippen molar-refractivity contribution in [1.82, 2.24) is 9.78 Å². The lowest BCUT2D eigenvalue weighted by molar-refractivity contribution is -0.142. The number of carbonyl (C=O) groups is 1. The van der Waals surface area contributed by atoms with Crippen molar-refractivity contribution in [2.75, 3.05) is 5.32 Å². The summed E-state index contributed by atoms with van der Waals surface area (Å²) in [5, 5.41) is 15.9. The number of aryl methyl sites for hydroxylation is 1. The van der Waals surface area contributed by atoms with Gasteiger partial charge in [-0.2, -0.15) is 23.5 Å². The van der Waals surface area contributed by atoms with Crippen LogP contribution in [0.2, 0.25) is 0 Å². The van der Waals surface area contributed by atoms with E-state index >= 15 is 0 Å². The highest BCUT2D eigenvalue weighted by molar-refractivity contribution is 9.10. The summed E-state index contributed by atoms with van der Waals surface area (Å²) in [5.41, 5.74) is 0.535. The third kappa shape index (κ3) is 3.50. The van der Waals surface area contributed by atoms with Crippen LogP contribution in [0.4, 0.5) is 18.2 Å². The number of halogens is 4. The van der Waals surface area contributed by atoms with Crippen molar-refractivity contribution in [1.29, 1.82) is 5.26 Å². The number of anilines is 1. The molecule has 1 aliphatic carbocycles. The Kier molecular flexibility index (Phi) is 4.88. The maximum atomic E-state index is 13.1. The van der Waals surface area contributed by atoms with E-state index in [1.54, 1.807) is 6.92 Å². The normalized spacial score (nSPS) is 14.3. The number of carbonyl (C=O) groups excluding carboxylic acids is 1. The number of thiophene rings is 1. The molecule has 0 aromatic carbocycles. The van der Waals surface area contributed by atoms with E-state index in [1.165, 1.54) is 11.3 Å². The van der Waals surface area contributed by atoms with Gasteiger partial charge in [-0.25, -0.2) is 0 Å². The van der Waals surface area contributed by atoms with Gasteiger partial charge < -0.3 is 5.32 Å². The molecular formula is C16H14BrF3N4OS. The average molecular weight is 447 g/mol. The Morgan fingerprint density at radius 2 is 2.12 bits per heavy atom. The van der Waals surface area contributed by atoms with Crippen LogP contribution in [-0.4, -0.2) is 15.7 Å². The largest absolute Gasteiger partial charge is 0.436 e. The molecule has 0 bridgehead atoms. The molecule has 2 heterocycles. The first kappa shape index (κ1) is 18.9. The van der Waals surface area contributed by atoms with E-state index in [-0.39, 0.29) is 16.9 Å². The maximum absolute atomic E-state index is 13.1. The van der Waals surface area contributed by atoms with Gasteiger partial charge in [0, 0.05) is 10.8 Å². The van der Waals surface area contributed by atoms with Crippen molar-refractivity contribution in [2.24, 2.45) is 0 Å². The van der Waals surface area contributed by atoms with Crippen LogP contribution >= 0.6 is 27.3 Å². The molecule has 5 nitrogen and oxygen atoms in total. The molecule has 26 heavy (non-hydrogen) atoms. The first-order valence-corrected chi connectivity index (χ1v) is 9.37. The summed E-state index contributed by atoms with van der Waals surface area (Å²) in [6.07, 6.45) is -3.06. The number of aromatic nitrogens is 2. The number of hydrogen-bond donors (Lipinski definition) is 1. The van der Waals surface area contributed by atoms with Crippen molar-refractivity contribution < 1.29 is 18.0 Å². The summed E-state index contributed by atoms with van der Waals surface area (Å²) in [4.78, 5) is 13.3. The number of nitrogens with one attached hydrogen (secondary N) is 1. The van der Waals surface area contributed by atoms with E-state index in [2.05, 4.69) is 26.3 Å². The minimum atomic E-state index is -4.60. The molecule has 2 aromatic heterocycles. The van der Waals surface area contributed by atoms with E-state index in [0.29, 0.717) is 16.3 Å². The molecule has 0 atom stereocenters. The molecule has 0 saturated heterocycles. The van der Waals surface area contributed by atoms with Crippen molar-refractivity contribution in [3.05, 3.63) is 31.9 Å². The second kappa shape index (κ2) is 6.70. The van der Waals surface area contributed by atoms with Gasteiger partial charge in [-0.15, -0.1) is 11.3 Å². The minimum Gasteiger partial charge on any atom is -0.315 e. The predicted molar refractivity (Wildman–Crippen MR) is 94.0 cm³/mol. The van der Waals surface area contributed by atoms with Gasteiger partial charge in [0.15, 0.2) is 5.69 Å². The molecule has 0 spiro atoms. The fourth-order valence-electron chi connectivity index (χ4n) is 2.65. The van der Waals surface area contributed by atoms with Crippen LogP contribution < -0.4 is 5.32 Å². The molecule has 1 amide bonds. The number of amides is 1. The van der Waals surface area contributed by atoms with Crippen LogP contribution in [0.15, 0.2) is 4.47 Å². The molecule has 0 unspecified atom stereocenters. The van der Waals surface area contributed by atoms with Gasteiger partial charge in [0.1, 0.15) is 17.6 Å². The summed E-state index contributed by atoms with van der Waals surface area (Å²) in [6, 6.07) is 2.04. The van der Waals surface area contributed by atoms with Gasteiger partial charge in [-0.05, 0) is 48.2 Å². The summed E-state index contributed by atoms with van der Waals surface area (Å²) >= 11 is 4.26. The lowest BCUT2D eigenvalue weighted by Gasteiger charge is -2.07. The highest BCUT2D eigenvalue weighted by atomic mass is 79.9. The first-order valence-electron chi connectivity index (χ1n) is 7.76. The predicted octanol–water partition coefficient (Wildman–Crippen LogP) is 4.73. The van der Waals surface area contributed by atoms with Crippen molar-refractivity contribution in [2.45, 2.75) is 45.3 Å². The van der Waals surface area contributed by atoms with E-state index in [0.717, 1.165) is 28.0 Å². The fraction of sp³-hybridized carbons (Fsp3) is 0.438. The fourth-order valence-corrected chi connectivity index (χ4v) is 4.51. The Morgan fingerprint density at radius 3 is 2.65 bits per heavy atom. The highest BCUT2D eigenvalue weighted by Gasteiger charge is 2.42. The van der Waals surface area contributed by atoms with Crippen LogP contribution in [0, 0.1) is 25.2 Å². The van der Waals surface area contributed by atoms with Crippen molar-refractivity contribution >= 4 is 38.2 Å². The molecule has 0 radical (unpaired) electrons. The second-order valence-corrected chi connectivity index (χ2v) is 8.14. The molecule has 0 aliphatic heterocycles. The Hall–Kier alpha value is -1.86. The zero-order valence-corrected chi connectivity index (χ0v) is 16.3. The standard InChI is InChI=1S/C16H14BrF3N4OS/c1-7-8(2)26-15(10(7)5-21)22-11(25)6-24-13(9-3-4-9)12(17)14(23-24)16(18,19)20/h9H,3-4,6H2,1-2H3,(H,22,25). The summed E-state index contributed by atoms with van der Waals surface area (Å²) < 4.78 is 40.4. The average Bonchev–Trinajstić information content (AvgIpc) is 3.25. The minimum absolute atomic E-state index is 0.0262. The molecule has 3 rings (SSSR count). The molecule has 1 aliphatic rings. The number of alkyl halides is 3. The summed E-state index contributed by atoms with van der Waals surface area (Å²) in [7, 11) is 0. The Morgan fingerprint density at radius 1 is 1.46 bits per heavy atom. The third-order valence-electron chi connectivity index (χ3n) is 4.21. The molecule has 10 heteroatoms. The van der Waals surface area contributed by atoms with Crippen LogP contribution in [0.1, 0.15) is 46.2 Å². The highest BCUT2D eigenvalue weighted by Crippen LogP contribution is 2.47. The van der Waals surface area contributed by atoms with Gasteiger partial charge in [0.25, 0.3) is 0 Å². The SMILES string of the molecule is Cc1sc(NC(=O)Cn2nc(C(F)(F)F)c(Br)c2C2CC2)c(C#N)c1C. The third-order valence-corrected chi connectivity index (χ3v) is 6.11. The van der Waals surface area contributed by atoms with Gasteiger partial charge >= 0.3 is 6.18 Å². The molecule has 1 saturated carbocycles. The Balaban J connectivity index is 1.86. The Labute approximate surface area is 159 Å². The number of rotatable bonds is 4. The topological polar surface area (TPSA) is 70.7 Å². The van der Waals surface area contributed by atoms with Crippen molar-refractivity contribution in [3.8, 4) is 6.07 Å². The second-order valence-electron chi connectivity index (χ2n) is 6.12. The number of nitrogens with zero attached hydrogens (tertiary/aromatic N) is 3. The van der Waals surface area contributed by atoms with Gasteiger partial charge in [-0.3, -0.25) is 9.48 Å². The Bertz CT molecular complexity index is 922. The van der Waals surface area contributed by atoms with Crippen LogP contribution in [0.3, 0.4) is 0 Å². The maximum Gasteiger partial charge on any atom is 0.436 e. The summed E-state index contributed by atoms with van der Waals surface area (Å²) in [6.45, 7) is 3.27. The molecule has 2 aromatic rings. The molecule has 138 valence electrons. The van der Waals surface area contributed by atoms with Crippen LogP contribution in [0.5, 0.6) is 0 Å². The quantitative estimate of drug-likeness (QED) is 0.737. The van der Waals surface area contributed by atoms with E-state index < -0.39 is 17.8 Å². The lowest BCUT2D eigenvalue weighted by atomic mass is 10.2. The number of nitriles is 1. The van der Waals surface area contributed by atoms with Crippen LogP contribution in [-0.2, 0) is 17.5 Å². The molecule has 1 fully saturated rings. The van der Waals surface area contributed by atoms with E-state index in [4.69, 9.17) is 0 Å². The number of hydrogen-bond acceptors (Lipinski definition) is 4. The van der Waals surface area contributed by atoms with E-state index in [1.807, 2.05) is 13.0 Å². The lowest BCUT2D eigenvalue weighted by Crippen LogP contribution is -2.21. The van der Waals surface area contributed by atoms with Crippen molar-refractivity contribution in [3.63, 3.8) is 0 Å². The van der Waals surface area contributed by atoms with Gasteiger partial charge in [-0.1, -0.05) is 0 Å². The van der Waals surface area contributed by atoms with Gasteiger partial charge in [0.2, 0.25) is 5.91 Å². The zero-order chi connectivity index (χ0) is 19.2.